The molecule has 29 heavy (non-hydrogen) atoms. The second-order valence-corrected chi connectivity index (χ2v) is 7.32. The fourth-order valence-electron chi connectivity index (χ4n) is 3.53. The molecule has 0 saturated carbocycles. The molecule has 3 heterocycles. The molecule has 152 valence electrons. The van der Waals surface area contributed by atoms with Crippen LogP contribution in [0, 0.1) is 0 Å². The Morgan fingerprint density at radius 2 is 2.28 bits per heavy atom. The zero-order valence-electron chi connectivity index (χ0n) is 16.1. The Morgan fingerprint density at radius 3 is 3.07 bits per heavy atom. The van der Waals surface area contributed by atoms with Gasteiger partial charge in [-0.25, -0.2) is 4.68 Å². The Balaban J connectivity index is 1.61. The largest absolute Gasteiger partial charge is 0.384 e. The molecule has 0 radical (unpaired) electrons. The summed E-state index contributed by atoms with van der Waals surface area (Å²) < 4.78 is 12.2. The average molecular weight is 416 g/mol. The van der Waals surface area contributed by atoms with E-state index in [0.717, 1.165) is 24.9 Å². The van der Waals surface area contributed by atoms with Gasteiger partial charge in [-0.3, -0.25) is 4.79 Å². The number of carbonyl (C=O) groups is 1. The Labute approximate surface area is 173 Å². The minimum absolute atomic E-state index is 0.148. The van der Waals surface area contributed by atoms with Crippen molar-refractivity contribution in [3.63, 3.8) is 0 Å². The minimum Gasteiger partial charge on any atom is -0.384 e. The van der Waals surface area contributed by atoms with Crippen molar-refractivity contribution in [1.29, 1.82) is 0 Å². The molecule has 1 aromatic carbocycles. The molecule has 2 aromatic heterocycles. The third kappa shape index (κ3) is 4.18. The number of hydrogen-bond acceptors (Lipinski definition) is 6. The highest BCUT2D eigenvalue weighted by Gasteiger charge is 2.33. The summed E-state index contributed by atoms with van der Waals surface area (Å²) in [6.45, 7) is 1.13. The first kappa shape index (κ1) is 19.6. The number of methoxy groups -OCH3 is 1. The highest BCUT2D eigenvalue weighted by atomic mass is 35.5. The van der Waals surface area contributed by atoms with Crippen molar-refractivity contribution < 1.29 is 14.1 Å². The lowest BCUT2D eigenvalue weighted by Crippen LogP contribution is -2.38. The van der Waals surface area contributed by atoms with Crippen molar-refractivity contribution in [2.75, 3.05) is 20.3 Å². The predicted molar refractivity (Wildman–Crippen MR) is 106 cm³/mol. The molecule has 1 aliphatic rings. The molecule has 1 unspecified atom stereocenters. The molecule has 8 nitrogen and oxygen atoms in total. The van der Waals surface area contributed by atoms with Gasteiger partial charge in [0.2, 0.25) is 5.89 Å². The predicted octanol–water partition coefficient (Wildman–Crippen LogP) is 3.47. The van der Waals surface area contributed by atoms with Crippen LogP contribution in [0.2, 0.25) is 5.02 Å². The molecule has 1 saturated heterocycles. The third-order valence-corrected chi connectivity index (χ3v) is 5.34. The van der Waals surface area contributed by atoms with Crippen molar-refractivity contribution in [3.8, 4) is 5.69 Å². The van der Waals surface area contributed by atoms with E-state index >= 15 is 0 Å². The second-order valence-electron chi connectivity index (χ2n) is 6.92. The highest BCUT2D eigenvalue weighted by Crippen LogP contribution is 2.33. The van der Waals surface area contributed by atoms with Gasteiger partial charge in [0.1, 0.15) is 6.04 Å². The van der Waals surface area contributed by atoms with Crippen LogP contribution in [-0.2, 0) is 11.2 Å². The number of amides is 1. The van der Waals surface area contributed by atoms with Crippen LogP contribution in [0.5, 0.6) is 0 Å². The molecule has 1 fully saturated rings. The molecular formula is C20H22ClN5O3. The molecule has 0 bridgehead atoms. The maximum Gasteiger partial charge on any atom is 0.256 e. The first-order valence-corrected chi connectivity index (χ1v) is 9.97. The number of benzene rings is 1. The summed E-state index contributed by atoms with van der Waals surface area (Å²) in [5.41, 5.74) is 1.21. The smallest absolute Gasteiger partial charge is 0.256 e. The first-order chi connectivity index (χ1) is 14.2. The average Bonchev–Trinajstić information content (AvgIpc) is 3.44. The standard InChI is InChI=1S/C20H22ClN5O3/c1-28-12-8-18-23-19(29-24-18)17-5-2-3-10-25(17)20(27)15-13-14(6-7-16(15)21)26-11-4-9-22-26/h4,6-7,9,11,13,17H,2-3,5,8,10,12H2,1H3. The van der Waals surface area contributed by atoms with Gasteiger partial charge in [0.25, 0.3) is 5.91 Å². The Hall–Kier alpha value is -2.71. The van der Waals surface area contributed by atoms with Crippen molar-refractivity contribution >= 4 is 17.5 Å². The normalized spacial score (nSPS) is 16.9. The Bertz CT molecular complexity index is 972. The molecule has 3 aromatic rings. The van der Waals surface area contributed by atoms with Gasteiger partial charge >= 0.3 is 0 Å². The lowest BCUT2D eigenvalue weighted by molar-refractivity contribution is 0.0561. The lowest BCUT2D eigenvalue weighted by atomic mass is 10.0. The number of ether oxygens (including phenoxy) is 1. The van der Waals surface area contributed by atoms with Gasteiger partial charge in [0, 0.05) is 32.5 Å². The van der Waals surface area contributed by atoms with Crippen molar-refractivity contribution in [3.05, 3.63) is 59.0 Å². The van der Waals surface area contributed by atoms with Crippen LogP contribution in [0.3, 0.4) is 0 Å². The molecule has 1 atom stereocenters. The van der Waals surface area contributed by atoms with Gasteiger partial charge in [0.05, 0.1) is 22.9 Å². The van der Waals surface area contributed by atoms with E-state index in [1.165, 1.54) is 0 Å². The van der Waals surface area contributed by atoms with Crippen molar-refractivity contribution in [2.45, 2.75) is 31.7 Å². The van der Waals surface area contributed by atoms with Gasteiger partial charge in [0.15, 0.2) is 5.82 Å². The summed E-state index contributed by atoms with van der Waals surface area (Å²) in [6, 6.07) is 6.89. The molecule has 0 spiro atoms. The van der Waals surface area contributed by atoms with Crippen molar-refractivity contribution in [2.24, 2.45) is 0 Å². The van der Waals surface area contributed by atoms with E-state index in [0.29, 0.717) is 41.9 Å². The highest BCUT2D eigenvalue weighted by molar-refractivity contribution is 6.33. The summed E-state index contributed by atoms with van der Waals surface area (Å²) in [7, 11) is 1.63. The zero-order valence-corrected chi connectivity index (χ0v) is 16.9. The zero-order chi connectivity index (χ0) is 20.2. The number of likely N-dealkylation sites (tertiary alicyclic amines) is 1. The molecule has 1 amide bonds. The van der Waals surface area contributed by atoms with Crippen molar-refractivity contribution in [1.82, 2.24) is 24.8 Å². The SMILES string of the molecule is COCCc1noc(C2CCCCN2C(=O)c2cc(-n3cccn3)ccc2Cl)n1. The van der Waals surface area contributed by atoms with E-state index in [4.69, 9.17) is 20.9 Å². The van der Waals surface area contributed by atoms with Gasteiger partial charge in [-0.2, -0.15) is 10.1 Å². The van der Waals surface area contributed by atoms with Crippen LogP contribution in [0.4, 0.5) is 0 Å². The number of aromatic nitrogens is 4. The van der Waals surface area contributed by atoms with Crippen LogP contribution >= 0.6 is 11.6 Å². The van der Waals surface area contributed by atoms with E-state index < -0.39 is 0 Å². The third-order valence-electron chi connectivity index (χ3n) is 5.01. The van der Waals surface area contributed by atoms with E-state index in [1.54, 1.807) is 35.0 Å². The van der Waals surface area contributed by atoms with E-state index in [-0.39, 0.29) is 11.9 Å². The molecule has 9 heteroatoms. The topological polar surface area (TPSA) is 86.3 Å². The first-order valence-electron chi connectivity index (χ1n) is 9.59. The van der Waals surface area contributed by atoms with Crippen LogP contribution in [0.15, 0.2) is 41.2 Å². The summed E-state index contributed by atoms with van der Waals surface area (Å²) in [6.07, 6.45) is 6.76. The van der Waals surface area contributed by atoms with Gasteiger partial charge in [-0.05, 0) is 43.5 Å². The maximum absolute atomic E-state index is 13.4. The maximum atomic E-state index is 13.4. The van der Waals surface area contributed by atoms with Crippen LogP contribution in [0.1, 0.15) is 47.4 Å². The van der Waals surface area contributed by atoms with E-state index in [9.17, 15) is 4.79 Å². The van der Waals surface area contributed by atoms with E-state index in [2.05, 4.69) is 15.2 Å². The number of carbonyl (C=O) groups excluding carboxylic acids is 1. The number of piperidine rings is 1. The number of nitrogens with zero attached hydrogens (tertiary/aromatic N) is 5. The molecule has 4 rings (SSSR count). The van der Waals surface area contributed by atoms with Gasteiger partial charge in [-0.15, -0.1) is 0 Å². The number of halogens is 1. The molecular weight excluding hydrogens is 394 g/mol. The summed E-state index contributed by atoms with van der Waals surface area (Å²) in [4.78, 5) is 19.7. The minimum atomic E-state index is -0.260. The quantitative estimate of drug-likeness (QED) is 0.612. The van der Waals surface area contributed by atoms with Crippen LogP contribution < -0.4 is 0 Å². The summed E-state index contributed by atoms with van der Waals surface area (Å²) >= 11 is 6.38. The molecule has 1 aliphatic heterocycles. The molecule has 0 aliphatic carbocycles. The monoisotopic (exact) mass is 415 g/mol. The Morgan fingerprint density at radius 1 is 1.38 bits per heavy atom. The second kappa shape index (κ2) is 8.75. The summed E-state index contributed by atoms with van der Waals surface area (Å²) in [5, 5.41) is 8.65. The number of hydrogen-bond donors (Lipinski definition) is 0. The number of rotatable bonds is 6. The summed E-state index contributed by atoms with van der Waals surface area (Å²) in [5.74, 6) is 0.896. The van der Waals surface area contributed by atoms with E-state index in [1.807, 2.05) is 18.3 Å². The van der Waals surface area contributed by atoms with Crippen LogP contribution in [-0.4, -0.2) is 51.0 Å². The lowest BCUT2D eigenvalue weighted by Gasteiger charge is -2.33. The van der Waals surface area contributed by atoms with Gasteiger partial charge in [-0.1, -0.05) is 16.8 Å². The van der Waals surface area contributed by atoms with Crippen LogP contribution in [0.25, 0.3) is 5.69 Å². The molecule has 0 N–H and O–H groups in total. The fraction of sp³-hybridized carbons (Fsp3) is 0.400. The van der Waals surface area contributed by atoms with Gasteiger partial charge < -0.3 is 14.2 Å². The Kier molecular flexibility index (Phi) is 5.92. The fourth-order valence-corrected chi connectivity index (χ4v) is 3.72.